The summed E-state index contributed by atoms with van der Waals surface area (Å²) >= 11 is 7.22. The number of hydrogen-bond acceptors (Lipinski definition) is 7. The number of nitro groups is 1. The zero-order valence-corrected chi connectivity index (χ0v) is 19.1. The summed E-state index contributed by atoms with van der Waals surface area (Å²) < 4.78 is 32.4. The van der Waals surface area contributed by atoms with Gasteiger partial charge in [-0.25, -0.2) is 8.42 Å². The maximum Gasteiger partial charge on any atom is 0.312 e. The highest BCUT2D eigenvalue weighted by atomic mass is 35.5. The first-order valence-electron chi connectivity index (χ1n) is 8.99. The van der Waals surface area contributed by atoms with Crippen molar-refractivity contribution in [3.63, 3.8) is 0 Å². The minimum absolute atomic E-state index is 0.181. The average molecular weight is 476 g/mol. The van der Waals surface area contributed by atoms with Crippen molar-refractivity contribution in [3.05, 3.63) is 49.7 Å². The number of thiophene rings is 1. The molecule has 1 aromatic heterocycles. The summed E-state index contributed by atoms with van der Waals surface area (Å²) in [4.78, 5) is 25.1. The Morgan fingerprint density at radius 3 is 2.43 bits per heavy atom. The van der Waals surface area contributed by atoms with Gasteiger partial charge in [-0.15, -0.1) is 11.3 Å². The second-order valence-corrected chi connectivity index (χ2v) is 9.96. The second kappa shape index (κ2) is 10.2. The smallest absolute Gasteiger partial charge is 0.312 e. The Bertz CT molecular complexity index is 1020. The van der Waals surface area contributed by atoms with Gasteiger partial charge < -0.3 is 9.64 Å². The lowest BCUT2D eigenvalue weighted by atomic mass is 10.3. The van der Waals surface area contributed by atoms with Gasteiger partial charge in [0.15, 0.2) is 12.4 Å². The van der Waals surface area contributed by atoms with Gasteiger partial charge >= 0.3 is 5.69 Å². The summed E-state index contributed by atoms with van der Waals surface area (Å²) in [6.45, 7) is 3.72. The molecule has 0 bridgehead atoms. The lowest BCUT2D eigenvalue weighted by molar-refractivity contribution is -0.386. The number of halogens is 1. The number of ether oxygens (including phenoxy) is 1. The summed E-state index contributed by atoms with van der Waals surface area (Å²) in [5.41, 5.74) is -0.524. The molecule has 0 saturated carbocycles. The van der Waals surface area contributed by atoms with E-state index in [9.17, 15) is 23.3 Å². The van der Waals surface area contributed by atoms with E-state index in [1.165, 1.54) is 32.7 Å². The molecule has 0 aliphatic rings. The zero-order valence-electron chi connectivity index (χ0n) is 16.7. The van der Waals surface area contributed by atoms with E-state index in [0.29, 0.717) is 10.9 Å². The lowest BCUT2D eigenvalue weighted by Crippen LogP contribution is -2.31. The maximum atomic E-state index is 12.6. The number of carbonyl (C=O) groups is 1. The fourth-order valence-electron chi connectivity index (χ4n) is 2.64. The predicted molar refractivity (Wildman–Crippen MR) is 115 cm³/mol. The summed E-state index contributed by atoms with van der Waals surface area (Å²) in [7, 11) is -2.29. The van der Waals surface area contributed by atoms with Crippen LogP contribution in [-0.2, 0) is 21.4 Å². The molecular formula is C18H22ClN3O6S2. The van der Waals surface area contributed by atoms with Crippen LogP contribution in [-0.4, -0.2) is 55.2 Å². The number of nitrogens with zero attached hydrogens (tertiary/aromatic N) is 3. The molecule has 0 radical (unpaired) electrons. The van der Waals surface area contributed by atoms with E-state index in [1.54, 1.807) is 33.0 Å². The van der Waals surface area contributed by atoms with Crippen LogP contribution >= 0.6 is 22.9 Å². The molecule has 12 heteroatoms. The van der Waals surface area contributed by atoms with Gasteiger partial charge in [0.1, 0.15) is 0 Å². The van der Waals surface area contributed by atoms with Crippen LogP contribution < -0.4 is 4.74 Å². The molecule has 0 fully saturated rings. The van der Waals surface area contributed by atoms with Gasteiger partial charge in [-0.05, 0) is 24.3 Å². The fraction of sp³-hybridized carbons (Fsp3) is 0.389. The van der Waals surface area contributed by atoms with E-state index in [-0.39, 0.29) is 23.7 Å². The quantitative estimate of drug-likeness (QED) is 0.385. The summed E-state index contributed by atoms with van der Waals surface area (Å²) in [6.07, 6.45) is 0. The van der Waals surface area contributed by atoms with Crippen LogP contribution in [0.5, 0.6) is 5.75 Å². The van der Waals surface area contributed by atoms with Gasteiger partial charge in [0.2, 0.25) is 10.0 Å². The van der Waals surface area contributed by atoms with Gasteiger partial charge in [-0.3, -0.25) is 14.9 Å². The number of benzene rings is 1. The van der Waals surface area contributed by atoms with Crippen molar-refractivity contribution < 1.29 is 22.9 Å². The minimum atomic E-state index is -3.86. The van der Waals surface area contributed by atoms with Crippen LogP contribution in [0, 0.1) is 10.1 Å². The van der Waals surface area contributed by atoms with E-state index in [2.05, 4.69) is 0 Å². The Morgan fingerprint density at radius 2 is 1.90 bits per heavy atom. The van der Waals surface area contributed by atoms with Crippen LogP contribution in [0.3, 0.4) is 0 Å². The molecule has 9 nitrogen and oxygen atoms in total. The van der Waals surface area contributed by atoms with E-state index in [1.807, 2.05) is 0 Å². The molecule has 0 N–H and O–H groups in total. The molecule has 164 valence electrons. The first kappa shape index (κ1) is 24.1. The average Bonchev–Trinajstić information content (AvgIpc) is 3.11. The topological polar surface area (TPSA) is 110 Å². The summed E-state index contributed by atoms with van der Waals surface area (Å²) in [5.74, 6) is -0.576. The largest absolute Gasteiger partial charge is 0.477 e. The number of carbonyl (C=O) groups excluding carboxylic acids is 1. The third-order valence-electron chi connectivity index (χ3n) is 4.27. The molecule has 0 aliphatic carbocycles. The predicted octanol–water partition coefficient (Wildman–Crippen LogP) is 3.38. The molecule has 0 unspecified atom stereocenters. The van der Waals surface area contributed by atoms with Crippen molar-refractivity contribution in [2.75, 3.05) is 26.7 Å². The van der Waals surface area contributed by atoms with Gasteiger partial charge in [0, 0.05) is 31.1 Å². The number of nitro benzene ring substituents is 1. The molecule has 2 rings (SSSR count). The third-order valence-corrected chi connectivity index (χ3v) is 7.53. The molecular weight excluding hydrogens is 454 g/mol. The van der Waals surface area contributed by atoms with Crippen molar-refractivity contribution in [3.8, 4) is 5.75 Å². The van der Waals surface area contributed by atoms with Crippen LogP contribution in [0.15, 0.2) is 35.2 Å². The summed E-state index contributed by atoms with van der Waals surface area (Å²) in [6, 6.07) is 6.91. The molecule has 0 aliphatic heterocycles. The van der Waals surface area contributed by atoms with E-state index in [0.717, 1.165) is 10.9 Å². The van der Waals surface area contributed by atoms with Crippen molar-refractivity contribution in [1.82, 2.24) is 9.21 Å². The normalized spacial score (nSPS) is 11.5. The lowest BCUT2D eigenvalue weighted by Gasteiger charge is -2.19. The van der Waals surface area contributed by atoms with E-state index >= 15 is 0 Å². The first-order valence-corrected chi connectivity index (χ1v) is 11.6. The maximum absolute atomic E-state index is 12.6. The van der Waals surface area contributed by atoms with Crippen molar-refractivity contribution >= 4 is 44.6 Å². The summed E-state index contributed by atoms with van der Waals surface area (Å²) in [5, 5.41) is 11.4. The van der Waals surface area contributed by atoms with E-state index < -0.39 is 33.1 Å². The van der Waals surface area contributed by atoms with Crippen LogP contribution in [0.4, 0.5) is 5.69 Å². The molecule has 0 saturated heterocycles. The number of rotatable bonds is 10. The number of amides is 1. The van der Waals surface area contributed by atoms with Gasteiger partial charge in [-0.1, -0.05) is 25.4 Å². The Kier molecular flexibility index (Phi) is 8.18. The third kappa shape index (κ3) is 5.69. The highest BCUT2D eigenvalue weighted by molar-refractivity contribution is 7.89. The van der Waals surface area contributed by atoms with Gasteiger partial charge in [0.25, 0.3) is 5.91 Å². The van der Waals surface area contributed by atoms with Crippen molar-refractivity contribution in [2.45, 2.75) is 25.3 Å². The Morgan fingerprint density at radius 1 is 1.23 bits per heavy atom. The minimum Gasteiger partial charge on any atom is -0.477 e. The van der Waals surface area contributed by atoms with Crippen molar-refractivity contribution in [1.29, 1.82) is 0 Å². The fourth-order valence-corrected chi connectivity index (χ4v) is 5.26. The molecule has 30 heavy (non-hydrogen) atoms. The Hall–Kier alpha value is -2.21. The number of likely N-dealkylation sites (N-methyl/N-ethyl adjacent to an activating group) is 1. The SMILES string of the molecule is CCN(CC)S(=O)(=O)c1ccc(OCC(=O)N(C)Cc2ccc(Cl)s2)c([N+](=O)[O-])c1. The molecule has 0 spiro atoms. The Labute approximate surface area is 184 Å². The zero-order chi connectivity index (χ0) is 22.5. The highest BCUT2D eigenvalue weighted by Gasteiger charge is 2.26. The van der Waals surface area contributed by atoms with Gasteiger partial charge in [-0.2, -0.15) is 4.31 Å². The molecule has 1 amide bonds. The highest BCUT2D eigenvalue weighted by Crippen LogP contribution is 2.31. The Balaban J connectivity index is 2.15. The molecule has 1 aromatic carbocycles. The van der Waals surface area contributed by atoms with Crippen molar-refractivity contribution in [2.24, 2.45) is 0 Å². The first-order chi connectivity index (χ1) is 14.1. The number of sulfonamides is 1. The number of hydrogen-bond donors (Lipinski definition) is 0. The van der Waals surface area contributed by atoms with Crippen LogP contribution in [0.25, 0.3) is 0 Å². The monoisotopic (exact) mass is 475 g/mol. The van der Waals surface area contributed by atoms with Crippen LogP contribution in [0.1, 0.15) is 18.7 Å². The second-order valence-electron chi connectivity index (χ2n) is 6.22. The van der Waals surface area contributed by atoms with Gasteiger partial charge in [0.05, 0.1) is 20.7 Å². The molecule has 2 aromatic rings. The standard InChI is InChI=1S/C18H22ClN3O6S2/c1-4-21(5-2)30(26,27)14-7-8-16(15(10-14)22(24)25)28-12-18(23)20(3)11-13-6-9-17(19)29-13/h6-10H,4-5,11-12H2,1-3H3. The van der Waals surface area contributed by atoms with E-state index in [4.69, 9.17) is 16.3 Å². The molecule has 1 heterocycles. The molecule has 0 atom stereocenters. The van der Waals surface area contributed by atoms with Crippen LogP contribution in [0.2, 0.25) is 4.34 Å².